The van der Waals surface area contributed by atoms with Gasteiger partial charge in [-0.1, -0.05) is 6.07 Å². The molecule has 2 aromatic carbocycles. The number of benzene rings is 2. The number of fused-ring (bicyclic) bond motifs is 1. The summed E-state index contributed by atoms with van der Waals surface area (Å²) in [5.41, 5.74) is 0.980. The number of carbonyl (C=O) groups excluding carboxylic acids is 3. The molecule has 10 nitrogen and oxygen atoms in total. The van der Waals surface area contributed by atoms with Crippen LogP contribution in [0, 0.1) is 0 Å². The van der Waals surface area contributed by atoms with E-state index in [0.29, 0.717) is 36.0 Å². The van der Waals surface area contributed by atoms with Gasteiger partial charge in [-0.25, -0.2) is 9.59 Å². The monoisotopic (exact) mass is 428 g/mol. The molecule has 0 atom stereocenters. The van der Waals surface area contributed by atoms with Gasteiger partial charge in [0.05, 0.1) is 7.11 Å². The van der Waals surface area contributed by atoms with Crippen LogP contribution >= 0.6 is 0 Å². The number of amides is 3. The van der Waals surface area contributed by atoms with Crippen molar-refractivity contribution in [3.63, 3.8) is 0 Å². The number of phenols is 1. The van der Waals surface area contributed by atoms with Crippen molar-refractivity contribution in [3.8, 4) is 23.0 Å². The fourth-order valence-electron chi connectivity index (χ4n) is 2.59. The second kappa shape index (κ2) is 10.0. The van der Waals surface area contributed by atoms with Crippen molar-refractivity contribution in [3.05, 3.63) is 48.0 Å². The average Bonchev–Trinajstić information content (AvgIpc) is 2.77. The van der Waals surface area contributed by atoms with Gasteiger partial charge in [0, 0.05) is 17.8 Å². The molecule has 0 radical (unpaired) electrons. The zero-order chi connectivity index (χ0) is 22.2. The Bertz CT molecular complexity index is 1020. The quantitative estimate of drug-likeness (QED) is 0.471. The molecule has 0 fully saturated rings. The highest BCUT2D eigenvalue weighted by Gasteiger charge is 2.14. The lowest BCUT2D eigenvalue weighted by molar-refractivity contribution is -0.143. The normalized spacial score (nSPS) is 12.2. The molecular formula is C21H20N2O8. The van der Waals surface area contributed by atoms with E-state index in [9.17, 15) is 19.5 Å². The van der Waals surface area contributed by atoms with Gasteiger partial charge >= 0.3 is 12.0 Å². The Morgan fingerprint density at radius 2 is 1.87 bits per heavy atom. The SMILES string of the molecule is COc1cc(/C=C/C(=O)OCC(=O)NC(=O)Nc2ccc3c(c2)OCCO3)ccc1O. The number of hydrogen-bond acceptors (Lipinski definition) is 8. The van der Waals surface area contributed by atoms with Crippen LogP contribution in [0.25, 0.3) is 6.08 Å². The number of esters is 1. The summed E-state index contributed by atoms with van der Waals surface area (Å²) < 4.78 is 20.6. The van der Waals surface area contributed by atoms with E-state index in [1.165, 1.54) is 25.3 Å². The standard InChI is InChI=1S/C21H20N2O8/c1-28-17-10-13(2-5-15(17)24)3-7-20(26)31-12-19(25)23-21(27)22-14-4-6-16-18(11-14)30-9-8-29-16/h2-7,10-11,24H,8-9,12H2,1H3,(H2,22,23,25,27)/b7-3+. The number of urea groups is 1. The van der Waals surface area contributed by atoms with Gasteiger partial charge in [0.15, 0.2) is 29.6 Å². The highest BCUT2D eigenvalue weighted by Crippen LogP contribution is 2.32. The summed E-state index contributed by atoms with van der Waals surface area (Å²) >= 11 is 0. The number of phenolic OH excluding ortho intramolecular Hbond substituents is 1. The summed E-state index contributed by atoms with van der Waals surface area (Å²) in [5, 5.41) is 14.1. The minimum atomic E-state index is -0.803. The van der Waals surface area contributed by atoms with Crippen molar-refractivity contribution in [2.24, 2.45) is 0 Å². The van der Waals surface area contributed by atoms with Crippen LogP contribution in [0.5, 0.6) is 23.0 Å². The van der Waals surface area contributed by atoms with Crippen molar-refractivity contribution in [1.29, 1.82) is 0 Å². The highest BCUT2D eigenvalue weighted by atomic mass is 16.6. The van der Waals surface area contributed by atoms with Gasteiger partial charge in [0.2, 0.25) is 0 Å². The number of imide groups is 1. The van der Waals surface area contributed by atoms with Crippen LogP contribution in [-0.4, -0.2) is 49.9 Å². The molecule has 1 aliphatic heterocycles. The predicted molar refractivity (Wildman–Crippen MR) is 109 cm³/mol. The first kappa shape index (κ1) is 21.5. The molecule has 0 bridgehead atoms. The maximum Gasteiger partial charge on any atom is 0.331 e. The number of carbonyl (C=O) groups is 3. The fourth-order valence-corrected chi connectivity index (χ4v) is 2.59. The molecule has 0 aromatic heterocycles. The zero-order valence-electron chi connectivity index (χ0n) is 16.5. The van der Waals surface area contributed by atoms with Crippen LogP contribution in [-0.2, 0) is 14.3 Å². The summed E-state index contributed by atoms with van der Waals surface area (Å²) in [6, 6.07) is 8.53. The maximum atomic E-state index is 11.9. The highest BCUT2D eigenvalue weighted by molar-refractivity contribution is 6.02. The minimum Gasteiger partial charge on any atom is -0.504 e. The molecule has 0 saturated carbocycles. The molecule has 0 spiro atoms. The molecule has 0 aliphatic carbocycles. The molecule has 1 heterocycles. The maximum absolute atomic E-state index is 11.9. The molecular weight excluding hydrogens is 408 g/mol. The number of methoxy groups -OCH3 is 1. The molecule has 3 rings (SSSR count). The van der Waals surface area contributed by atoms with Crippen molar-refractivity contribution >= 4 is 29.7 Å². The summed E-state index contributed by atoms with van der Waals surface area (Å²) in [6.45, 7) is 0.212. The second-order valence-corrected chi connectivity index (χ2v) is 6.23. The van der Waals surface area contributed by atoms with E-state index in [1.807, 2.05) is 0 Å². The van der Waals surface area contributed by atoms with Gasteiger partial charge in [-0.15, -0.1) is 0 Å². The van der Waals surface area contributed by atoms with Crippen LogP contribution < -0.4 is 24.8 Å². The number of ether oxygens (including phenoxy) is 4. The Labute approximate surface area is 177 Å². The lowest BCUT2D eigenvalue weighted by atomic mass is 10.2. The third-order valence-electron chi connectivity index (χ3n) is 4.01. The van der Waals surface area contributed by atoms with E-state index in [4.69, 9.17) is 18.9 Å². The van der Waals surface area contributed by atoms with Gasteiger partial charge in [-0.3, -0.25) is 10.1 Å². The zero-order valence-corrected chi connectivity index (χ0v) is 16.5. The number of nitrogens with one attached hydrogen (secondary N) is 2. The molecule has 162 valence electrons. The molecule has 2 aromatic rings. The Hall–Kier alpha value is -4.21. The molecule has 31 heavy (non-hydrogen) atoms. The number of anilines is 1. The number of aromatic hydroxyl groups is 1. The Morgan fingerprint density at radius 3 is 2.65 bits per heavy atom. The van der Waals surface area contributed by atoms with Gasteiger partial charge in [-0.2, -0.15) is 0 Å². The lowest BCUT2D eigenvalue weighted by Crippen LogP contribution is -2.37. The first-order valence-electron chi connectivity index (χ1n) is 9.17. The average molecular weight is 428 g/mol. The van der Waals surface area contributed by atoms with Crippen molar-refractivity contribution in [2.45, 2.75) is 0 Å². The van der Waals surface area contributed by atoms with Crippen molar-refractivity contribution < 1.29 is 38.4 Å². The molecule has 3 amide bonds. The largest absolute Gasteiger partial charge is 0.504 e. The minimum absolute atomic E-state index is 0.0339. The number of rotatable bonds is 6. The van der Waals surface area contributed by atoms with Crippen LogP contribution in [0.3, 0.4) is 0 Å². The van der Waals surface area contributed by atoms with E-state index in [-0.39, 0.29) is 11.5 Å². The molecule has 0 unspecified atom stereocenters. The van der Waals surface area contributed by atoms with Crippen LogP contribution in [0.1, 0.15) is 5.56 Å². The third kappa shape index (κ3) is 6.13. The number of hydrogen-bond donors (Lipinski definition) is 3. The topological polar surface area (TPSA) is 132 Å². The van der Waals surface area contributed by atoms with Crippen molar-refractivity contribution in [1.82, 2.24) is 5.32 Å². The molecule has 1 aliphatic rings. The van der Waals surface area contributed by atoms with E-state index in [2.05, 4.69) is 10.6 Å². The predicted octanol–water partition coefficient (Wildman–Crippen LogP) is 2.08. The first-order chi connectivity index (χ1) is 14.9. The summed E-state index contributed by atoms with van der Waals surface area (Å²) in [4.78, 5) is 35.5. The Balaban J connectivity index is 1.44. The van der Waals surface area contributed by atoms with Crippen molar-refractivity contribution in [2.75, 3.05) is 32.2 Å². The van der Waals surface area contributed by atoms with E-state index in [1.54, 1.807) is 24.3 Å². The molecule has 3 N–H and O–H groups in total. The first-order valence-corrected chi connectivity index (χ1v) is 9.17. The lowest BCUT2D eigenvalue weighted by Gasteiger charge is -2.19. The van der Waals surface area contributed by atoms with E-state index >= 15 is 0 Å². The van der Waals surface area contributed by atoms with Crippen LogP contribution in [0.15, 0.2) is 42.5 Å². The van der Waals surface area contributed by atoms with Gasteiger partial charge < -0.3 is 29.4 Å². The van der Waals surface area contributed by atoms with Crippen LogP contribution in [0.2, 0.25) is 0 Å². The summed E-state index contributed by atoms with van der Waals surface area (Å²) in [5.74, 6) is -0.314. The Kier molecular flexibility index (Phi) is 6.94. The third-order valence-corrected chi connectivity index (χ3v) is 4.01. The Morgan fingerprint density at radius 1 is 1.10 bits per heavy atom. The van der Waals surface area contributed by atoms with Gasteiger partial charge in [-0.05, 0) is 35.9 Å². The summed E-state index contributed by atoms with van der Waals surface area (Å²) in [7, 11) is 1.40. The smallest absolute Gasteiger partial charge is 0.331 e. The summed E-state index contributed by atoms with van der Waals surface area (Å²) in [6.07, 6.45) is 2.53. The van der Waals surface area contributed by atoms with Crippen LogP contribution in [0.4, 0.5) is 10.5 Å². The van der Waals surface area contributed by atoms with Gasteiger partial charge in [0.1, 0.15) is 13.2 Å². The second-order valence-electron chi connectivity index (χ2n) is 6.23. The fraction of sp³-hybridized carbons (Fsp3) is 0.190. The molecule has 10 heteroatoms. The van der Waals surface area contributed by atoms with E-state index < -0.39 is 24.5 Å². The van der Waals surface area contributed by atoms with E-state index in [0.717, 1.165) is 6.08 Å². The molecule has 0 saturated heterocycles. The van der Waals surface area contributed by atoms with Gasteiger partial charge in [0.25, 0.3) is 5.91 Å².